The average molecular weight is 282 g/mol. The summed E-state index contributed by atoms with van der Waals surface area (Å²) >= 11 is 3.46. The lowest BCUT2D eigenvalue weighted by molar-refractivity contribution is 0.181. The molecular weight excluding hydrogens is 270 g/mol. The van der Waals surface area contributed by atoms with Crippen LogP contribution in [-0.2, 0) is 11.3 Å². The van der Waals surface area contributed by atoms with E-state index in [1.807, 2.05) is 19.1 Å². The van der Waals surface area contributed by atoms with Gasteiger partial charge in [-0.3, -0.25) is 4.79 Å². The first-order valence-corrected chi connectivity index (χ1v) is 5.72. The summed E-state index contributed by atoms with van der Waals surface area (Å²) in [4.78, 5) is 15.1. The molecule has 16 heavy (non-hydrogen) atoms. The highest BCUT2D eigenvalue weighted by atomic mass is 79.9. The van der Waals surface area contributed by atoms with Gasteiger partial charge in [0.25, 0.3) is 0 Å². The van der Waals surface area contributed by atoms with Gasteiger partial charge in [0, 0.05) is 28.7 Å². The quantitative estimate of drug-likeness (QED) is 0.920. The topological polar surface area (TPSA) is 42.1 Å². The first kappa shape index (κ1) is 11.4. The largest absolute Gasteiger partial charge is 0.378 e. The molecule has 0 amide bonds. The normalized spacial score (nSPS) is 10.9. The van der Waals surface area contributed by atoms with Crippen LogP contribution in [0.25, 0.3) is 10.9 Å². The summed E-state index contributed by atoms with van der Waals surface area (Å²) < 4.78 is 5.91. The number of aromatic amines is 1. The molecule has 0 unspecified atom stereocenters. The second kappa shape index (κ2) is 4.39. The maximum absolute atomic E-state index is 11.9. The van der Waals surface area contributed by atoms with Crippen molar-refractivity contribution in [2.75, 3.05) is 7.11 Å². The third-order valence-electron chi connectivity index (χ3n) is 2.39. The third-order valence-corrected chi connectivity index (χ3v) is 3.02. The smallest absolute Gasteiger partial charge is 0.189 e. The lowest BCUT2D eigenvalue weighted by Crippen LogP contribution is -2.06. The lowest BCUT2D eigenvalue weighted by Gasteiger charge is -2.06. The van der Waals surface area contributed by atoms with Crippen LogP contribution >= 0.6 is 15.9 Å². The summed E-state index contributed by atoms with van der Waals surface area (Å²) in [6.07, 6.45) is 0. The molecule has 3 nitrogen and oxygen atoms in total. The Morgan fingerprint density at radius 3 is 2.81 bits per heavy atom. The number of aromatic nitrogens is 1. The molecule has 0 bridgehead atoms. The molecule has 0 fully saturated rings. The van der Waals surface area contributed by atoms with Crippen molar-refractivity contribution in [3.05, 3.63) is 44.2 Å². The molecular formula is C12H12BrNO2. The molecule has 0 saturated carbocycles. The molecule has 1 heterocycles. The number of aryl methyl sites for hydroxylation is 1. The number of rotatable bonds is 2. The minimum absolute atomic E-state index is 0.0187. The van der Waals surface area contributed by atoms with Crippen molar-refractivity contribution in [2.45, 2.75) is 13.5 Å². The minimum atomic E-state index is 0.0187. The van der Waals surface area contributed by atoms with Crippen LogP contribution < -0.4 is 5.43 Å². The van der Waals surface area contributed by atoms with Crippen molar-refractivity contribution in [3.8, 4) is 0 Å². The van der Waals surface area contributed by atoms with Gasteiger partial charge >= 0.3 is 0 Å². The van der Waals surface area contributed by atoms with Gasteiger partial charge in [-0.15, -0.1) is 0 Å². The molecule has 0 spiro atoms. The predicted octanol–water partition coefficient (Wildman–Crippen LogP) is 2.75. The van der Waals surface area contributed by atoms with E-state index in [0.29, 0.717) is 12.0 Å². The van der Waals surface area contributed by atoms with Crippen LogP contribution in [-0.4, -0.2) is 12.1 Å². The van der Waals surface area contributed by atoms with E-state index in [2.05, 4.69) is 20.9 Å². The minimum Gasteiger partial charge on any atom is -0.378 e. The predicted molar refractivity (Wildman–Crippen MR) is 67.7 cm³/mol. The molecule has 0 saturated heterocycles. The molecule has 0 aliphatic carbocycles. The van der Waals surface area contributed by atoms with Crippen LogP contribution in [0.15, 0.2) is 27.5 Å². The van der Waals surface area contributed by atoms with Gasteiger partial charge in [-0.25, -0.2) is 0 Å². The van der Waals surface area contributed by atoms with E-state index in [1.165, 1.54) is 0 Å². The Kier molecular flexibility index (Phi) is 3.12. The summed E-state index contributed by atoms with van der Waals surface area (Å²) in [6.45, 7) is 2.37. The maximum Gasteiger partial charge on any atom is 0.189 e. The molecule has 4 heteroatoms. The standard InChI is InChI=1S/C12H12BrNO2/c1-7-3-9-11(15)5-8(6-16-2)14-12(9)10(13)4-7/h3-5H,6H2,1-2H3,(H,14,15). The maximum atomic E-state index is 11.9. The van der Waals surface area contributed by atoms with E-state index in [0.717, 1.165) is 21.2 Å². The molecule has 2 aromatic rings. The molecule has 0 radical (unpaired) electrons. The van der Waals surface area contributed by atoms with Gasteiger partial charge < -0.3 is 9.72 Å². The Morgan fingerprint density at radius 1 is 1.38 bits per heavy atom. The summed E-state index contributed by atoms with van der Waals surface area (Å²) in [5, 5.41) is 0.701. The molecule has 0 aliphatic heterocycles. The summed E-state index contributed by atoms with van der Waals surface area (Å²) in [5.41, 5.74) is 2.68. The number of hydrogen-bond acceptors (Lipinski definition) is 2. The van der Waals surface area contributed by atoms with Gasteiger partial charge in [0.1, 0.15) is 0 Å². The average Bonchev–Trinajstić information content (AvgIpc) is 2.20. The highest BCUT2D eigenvalue weighted by Crippen LogP contribution is 2.22. The van der Waals surface area contributed by atoms with Gasteiger partial charge in [-0.2, -0.15) is 0 Å². The van der Waals surface area contributed by atoms with E-state index in [4.69, 9.17) is 4.74 Å². The highest BCUT2D eigenvalue weighted by Gasteiger charge is 2.06. The first-order valence-electron chi connectivity index (χ1n) is 4.93. The van der Waals surface area contributed by atoms with Crippen molar-refractivity contribution >= 4 is 26.8 Å². The number of hydrogen-bond donors (Lipinski definition) is 1. The fourth-order valence-corrected chi connectivity index (χ4v) is 2.40. The molecule has 1 aromatic carbocycles. The van der Waals surface area contributed by atoms with Crippen molar-refractivity contribution in [3.63, 3.8) is 0 Å². The zero-order valence-electron chi connectivity index (χ0n) is 9.13. The second-order valence-electron chi connectivity index (χ2n) is 3.76. The van der Waals surface area contributed by atoms with E-state index < -0.39 is 0 Å². The first-order chi connectivity index (χ1) is 7.61. The Bertz CT molecular complexity index is 589. The number of methoxy groups -OCH3 is 1. The van der Waals surface area contributed by atoms with Gasteiger partial charge in [0.15, 0.2) is 5.43 Å². The van der Waals surface area contributed by atoms with Gasteiger partial charge in [-0.1, -0.05) is 0 Å². The second-order valence-corrected chi connectivity index (χ2v) is 4.62. The van der Waals surface area contributed by atoms with E-state index in [1.54, 1.807) is 13.2 Å². The zero-order valence-corrected chi connectivity index (χ0v) is 10.7. The lowest BCUT2D eigenvalue weighted by atomic mass is 10.1. The van der Waals surface area contributed by atoms with Gasteiger partial charge in [0.2, 0.25) is 0 Å². The third kappa shape index (κ3) is 2.03. The monoisotopic (exact) mass is 281 g/mol. The number of nitrogens with one attached hydrogen (secondary N) is 1. The molecule has 84 valence electrons. The Labute approximate surface area is 102 Å². The van der Waals surface area contributed by atoms with Crippen molar-refractivity contribution in [2.24, 2.45) is 0 Å². The van der Waals surface area contributed by atoms with Gasteiger partial charge in [0.05, 0.1) is 12.1 Å². The molecule has 0 atom stereocenters. The fourth-order valence-electron chi connectivity index (χ4n) is 1.73. The van der Waals surface area contributed by atoms with Crippen LogP contribution in [0.1, 0.15) is 11.3 Å². The number of fused-ring (bicyclic) bond motifs is 1. The summed E-state index contributed by atoms with van der Waals surface area (Å²) in [5.74, 6) is 0. The zero-order chi connectivity index (χ0) is 11.7. The molecule has 0 aliphatic rings. The summed E-state index contributed by atoms with van der Waals surface area (Å²) in [7, 11) is 1.60. The highest BCUT2D eigenvalue weighted by molar-refractivity contribution is 9.10. The van der Waals surface area contributed by atoms with Crippen molar-refractivity contribution in [1.29, 1.82) is 0 Å². The molecule has 1 N–H and O–H groups in total. The Hall–Kier alpha value is -1.13. The number of pyridine rings is 1. The molecule has 2 rings (SSSR count). The van der Waals surface area contributed by atoms with Crippen molar-refractivity contribution in [1.82, 2.24) is 4.98 Å². The number of H-pyrrole nitrogens is 1. The van der Waals surface area contributed by atoms with Crippen LogP contribution in [0.2, 0.25) is 0 Å². The van der Waals surface area contributed by atoms with E-state index in [-0.39, 0.29) is 5.43 Å². The van der Waals surface area contributed by atoms with Crippen LogP contribution in [0.4, 0.5) is 0 Å². The summed E-state index contributed by atoms with van der Waals surface area (Å²) in [6, 6.07) is 5.45. The van der Waals surface area contributed by atoms with Crippen molar-refractivity contribution < 1.29 is 4.74 Å². The molecule has 1 aromatic heterocycles. The Morgan fingerprint density at radius 2 is 2.12 bits per heavy atom. The SMILES string of the molecule is COCc1cc(=O)c2cc(C)cc(Br)c2[nH]1. The number of benzene rings is 1. The van der Waals surface area contributed by atoms with E-state index >= 15 is 0 Å². The van der Waals surface area contributed by atoms with Crippen LogP contribution in [0.5, 0.6) is 0 Å². The van der Waals surface area contributed by atoms with Crippen LogP contribution in [0.3, 0.4) is 0 Å². The number of ether oxygens (including phenoxy) is 1. The fraction of sp³-hybridized carbons (Fsp3) is 0.250. The van der Waals surface area contributed by atoms with Crippen LogP contribution in [0, 0.1) is 6.92 Å². The van der Waals surface area contributed by atoms with E-state index in [9.17, 15) is 4.79 Å². The van der Waals surface area contributed by atoms with Gasteiger partial charge in [-0.05, 0) is 40.5 Å². The number of halogens is 1. The Balaban J connectivity index is 2.77.